The van der Waals surface area contributed by atoms with Gasteiger partial charge in [-0.3, -0.25) is 4.79 Å². The van der Waals surface area contributed by atoms with Crippen molar-refractivity contribution in [1.29, 1.82) is 0 Å². The van der Waals surface area contributed by atoms with Gasteiger partial charge in [-0.1, -0.05) is 23.2 Å². The van der Waals surface area contributed by atoms with Crippen LogP contribution in [0, 0.1) is 13.8 Å². The third kappa shape index (κ3) is 9.99. The fourth-order valence-electron chi connectivity index (χ4n) is 6.64. The van der Waals surface area contributed by atoms with Gasteiger partial charge in [0.25, 0.3) is 17.6 Å². The molecule has 4 aromatic heterocycles. The summed E-state index contributed by atoms with van der Waals surface area (Å²) in [5.74, 6) is -4.28. The molecule has 2 aliphatic rings. The molecule has 61 heavy (non-hydrogen) atoms. The zero-order valence-electron chi connectivity index (χ0n) is 32.9. The summed E-state index contributed by atoms with van der Waals surface area (Å²) in [6, 6.07) is 12.8. The van der Waals surface area contributed by atoms with E-state index in [1.165, 1.54) is 33.4 Å². The molecule has 2 aliphatic heterocycles. The highest BCUT2D eigenvalue weighted by Gasteiger charge is 2.39. The van der Waals surface area contributed by atoms with E-state index in [0.29, 0.717) is 23.7 Å². The summed E-state index contributed by atoms with van der Waals surface area (Å²) in [5.41, 5.74) is 5.78. The van der Waals surface area contributed by atoms with E-state index in [1.807, 2.05) is 47.3 Å². The highest BCUT2D eigenvalue weighted by Crippen LogP contribution is 2.33. The number of carboxylic acids is 1. The lowest BCUT2D eigenvalue weighted by Crippen LogP contribution is -2.40. The molecule has 324 valence electrons. The van der Waals surface area contributed by atoms with E-state index < -0.39 is 42.1 Å². The molecule has 1 amide bonds. The largest absolute Gasteiger partial charge is 0.480 e. The van der Waals surface area contributed by atoms with Gasteiger partial charge in [0.15, 0.2) is 0 Å². The van der Waals surface area contributed by atoms with Gasteiger partial charge in [0.2, 0.25) is 0 Å². The number of nitrogens with one attached hydrogen (secondary N) is 1. The number of nitrogens with zero attached hydrogens (tertiary/aromatic N) is 11. The number of anilines is 2. The predicted molar refractivity (Wildman–Crippen MR) is 211 cm³/mol. The average Bonchev–Trinajstić information content (AvgIpc) is 4.03. The molecule has 2 unspecified atom stereocenters. The van der Waals surface area contributed by atoms with Crippen LogP contribution in [0.3, 0.4) is 0 Å². The van der Waals surface area contributed by atoms with Crippen LogP contribution in [0.5, 0.6) is 0 Å². The number of carbonyl (C=O) groups excluding carboxylic acids is 1. The molecule has 23 heteroatoms. The first kappa shape index (κ1) is 44.6. The molecule has 2 aromatic carbocycles. The summed E-state index contributed by atoms with van der Waals surface area (Å²) >= 11 is 11.8. The zero-order valence-corrected chi connectivity index (χ0v) is 34.4. The molecule has 2 atom stereocenters. The van der Waals surface area contributed by atoms with Crippen LogP contribution in [0.15, 0.2) is 60.9 Å². The van der Waals surface area contributed by atoms with Gasteiger partial charge >= 0.3 is 18.3 Å². The van der Waals surface area contributed by atoms with E-state index in [0.717, 1.165) is 62.9 Å². The van der Waals surface area contributed by atoms with Gasteiger partial charge in [-0.25, -0.2) is 33.5 Å². The van der Waals surface area contributed by atoms with Gasteiger partial charge in [-0.15, -0.1) is 10.2 Å². The molecule has 0 bridgehead atoms. The molecule has 0 spiro atoms. The number of aromatic nitrogens is 10. The van der Waals surface area contributed by atoms with Crippen molar-refractivity contribution < 1.29 is 41.0 Å². The van der Waals surface area contributed by atoms with E-state index in [1.54, 1.807) is 27.9 Å². The van der Waals surface area contributed by atoms with Crippen LogP contribution in [0.2, 0.25) is 10.0 Å². The number of carboxylic acid groups (broad SMARTS) is 1. The maximum Gasteiger partial charge on any atom is 0.453 e. The third-order valence-corrected chi connectivity index (χ3v) is 10.2. The molecule has 0 fully saturated rings. The number of aryl methyl sites for hydroxylation is 2. The van der Waals surface area contributed by atoms with E-state index in [9.17, 15) is 35.9 Å². The van der Waals surface area contributed by atoms with Crippen molar-refractivity contribution in [1.82, 2.24) is 49.1 Å². The highest BCUT2D eigenvalue weighted by atomic mass is 35.5. The number of halogens is 8. The number of carbonyl (C=O) groups is 2. The Hall–Kier alpha value is -5.96. The summed E-state index contributed by atoms with van der Waals surface area (Å²) in [7, 11) is 0. The van der Waals surface area contributed by atoms with E-state index in [-0.39, 0.29) is 17.6 Å². The number of aliphatic carboxylic acids is 1. The van der Waals surface area contributed by atoms with Crippen LogP contribution in [-0.2, 0) is 34.8 Å². The van der Waals surface area contributed by atoms with E-state index in [2.05, 4.69) is 35.7 Å². The van der Waals surface area contributed by atoms with Crippen molar-refractivity contribution in [3.8, 4) is 11.4 Å². The topological polar surface area (TPSA) is 167 Å². The second kappa shape index (κ2) is 17.9. The molecule has 0 radical (unpaired) electrons. The minimum atomic E-state index is -4.67. The second-order valence-corrected chi connectivity index (χ2v) is 14.8. The lowest BCUT2D eigenvalue weighted by atomic mass is 10.1. The van der Waals surface area contributed by atoms with Gasteiger partial charge in [0.1, 0.15) is 23.7 Å². The number of benzene rings is 2. The maximum absolute atomic E-state index is 13.2. The van der Waals surface area contributed by atoms with Gasteiger partial charge in [0.05, 0.1) is 46.5 Å². The van der Waals surface area contributed by atoms with Gasteiger partial charge < -0.3 is 15.3 Å². The molecule has 15 nitrogen and oxygen atoms in total. The summed E-state index contributed by atoms with van der Waals surface area (Å²) in [6.07, 6.45) is -2.18. The Morgan fingerprint density at radius 1 is 0.721 bits per heavy atom. The second-order valence-electron chi connectivity index (χ2n) is 13.9. The lowest BCUT2D eigenvalue weighted by Gasteiger charge is -2.29. The van der Waals surface area contributed by atoms with Crippen molar-refractivity contribution in [3.63, 3.8) is 0 Å². The summed E-state index contributed by atoms with van der Waals surface area (Å²) in [5, 5.41) is 28.7. The Bertz CT molecular complexity index is 2490. The number of rotatable bonds is 6. The quantitative estimate of drug-likeness (QED) is 0.156. The Labute approximate surface area is 353 Å². The number of fused-ring (bicyclic) bond motifs is 2. The van der Waals surface area contributed by atoms with Crippen LogP contribution >= 0.6 is 23.2 Å². The monoisotopic (exact) mass is 894 g/mol. The lowest BCUT2D eigenvalue weighted by molar-refractivity contribution is -0.146. The normalized spacial score (nSPS) is 14.7. The number of hydrogen-bond donors (Lipinski definition) is 2. The minimum Gasteiger partial charge on any atom is -0.480 e. The van der Waals surface area contributed by atoms with Crippen molar-refractivity contribution >= 4 is 46.5 Å². The van der Waals surface area contributed by atoms with Gasteiger partial charge in [0, 0.05) is 23.1 Å². The Balaban J connectivity index is 0.000000169. The van der Waals surface area contributed by atoms with Crippen LogP contribution in [-0.4, -0.2) is 79.2 Å². The minimum absolute atomic E-state index is 0.0252. The predicted octanol–water partition coefficient (Wildman–Crippen LogP) is 8.12. The first-order chi connectivity index (χ1) is 28.7. The standard InChI is InChI=1S/C19H18ClF3N6O.C12H12ClN3.C7H8F3N3O2/c1-11(28-12(2)25-18(26-28)19(21,22)23)17(30)27-9-3-4-15-16(27)10-24-29(15)14-7-5-13(20)6-8-14;13-9-3-5-10(6-4-9)16-12-2-1-7-14-11(12)8-15-16;1-3(5(14)15)13-4(2)11-6(12-13)7(8,9)10/h5-8,10-11H,3-4,9H2,1-2H3;3-6,8,14H,1-2,7H2;3H,1-2H3,(H,14,15). The van der Waals surface area contributed by atoms with Crippen molar-refractivity contribution in [2.75, 3.05) is 23.3 Å². The molecular weight excluding hydrogens is 857 g/mol. The van der Waals surface area contributed by atoms with Crippen LogP contribution in [0.4, 0.5) is 37.7 Å². The fourth-order valence-corrected chi connectivity index (χ4v) is 6.89. The van der Waals surface area contributed by atoms with Crippen LogP contribution in [0.1, 0.15) is 73.5 Å². The molecule has 6 heterocycles. The smallest absolute Gasteiger partial charge is 0.453 e. The van der Waals surface area contributed by atoms with Gasteiger partial charge in [-0.2, -0.15) is 36.5 Å². The summed E-state index contributed by atoms with van der Waals surface area (Å²) in [6.45, 7) is 6.89. The first-order valence-corrected chi connectivity index (χ1v) is 19.4. The average molecular weight is 896 g/mol. The molecular formula is C38H38Cl2F6N12O3. The Morgan fingerprint density at radius 3 is 1.69 bits per heavy atom. The van der Waals surface area contributed by atoms with Crippen molar-refractivity contribution in [3.05, 3.63) is 106 Å². The Kier molecular flexibility index (Phi) is 13.1. The number of alkyl halides is 6. The molecule has 6 aromatic rings. The third-order valence-electron chi connectivity index (χ3n) is 9.68. The van der Waals surface area contributed by atoms with E-state index >= 15 is 0 Å². The Morgan fingerprint density at radius 2 is 1.20 bits per heavy atom. The zero-order chi connectivity index (χ0) is 44.4. The molecule has 0 aliphatic carbocycles. The van der Waals surface area contributed by atoms with Crippen molar-refractivity contribution in [2.45, 2.75) is 77.8 Å². The maximum atomic E-state index is 13.2. The van der Waals surface area contributed by atoms with Crippen LogP contribution in [0.25, 0.3) is 11.4 Å². The molecule has 0 saturated heterocycles. The molecule has 8 rings (SSSR count). The fraction of sp³-hybridized carbons (Fsp3) is 0.368. The summed E-state index contributed by atoms with van der Waals surface area (Å²) in [4.78, 5) is 31.9. The molecule has 2 N–H and O–H groups in total. The van der Waals surface area contributed by atoms with E-state index in [4.69, 9.17) is 28.3 Å². The highest BCUT2D eigenvalue weighted by molar-refractivity contribution is 6.30. The SMILES string of the molecule is Cc1nc(C(F)(F)F)nn1C(C)C(=O)N1CCCc2c1cnn2-c1ccc(Cl)cc1.Cc1nc(C(F)(F)F)nn1C(C)C(=O)O.Clc1ccc(-n2ncc3c2CCCN3)cc1. The first-order valence-electron chi connectivity index (χ1n) is 18.7. The van der Waals surface area contributed by atoms with Crippen molar-refractivity contribution in [2.24, 2.45) is 0 Å². The number of hydrogen-bond acceptors (Lipinski definition) is 9. The number of amides is 1. The van der Waals surface area contributed by atoms with Crippen LogP contribution < -0.4 is 10.2 Å². The molecule has 0 saturated carbocycles. The summed E-state index contributed by atoms with van der Waals surface area (Å²) < 4.78 is 80.8. The van der Waals surface area contributed by atoms with Gasteiger partial charge in [-0.05, 0) is 102 Å².